The number of benzene rings is 1. The van der Waals surface area contributed by atoms with E-state index in [1.54, 1.807) is 12.1 Å². The van der Waals surface area contributed by atoms with Crippen LogP contribution in [-0.4, -0.2) is 17.5 Å². The van der Waals surface area contributed by atoms with Crippen molar-refractivity contribution in [2.45, 2.75) is 26.3 Å². The minimum absolute atomic E-state index is 0.193. The zero-order chi connectivity index (χ0) is 11.0. The third-order valence-electron chi connectivity index (χ3n) is 2.97. The largest absolute Gasteiger partial charge is 0.369 e. The Morgan fingerprint density at radius 3 is 2.93 bits per heavy atom. The lowest BCUT2D eigenvalue weighted by atomic mass is 10.1. The minimum Gasteiger partial charge on any atom is -0.369 e. The summed E-state index contributed by atoms with van der Waals surface area (Å²) in [4.78, 5) is 12.6. The molecule has 1 aromatic carbocycles. The normalized spacial score (nSPS) is 19.1. The van der Waals surface area contributed by atoms with Crippen molar-refractivity contribution >= 4 is 11.4 Å². The molecule has 1 aliphatic heterocycles. The highest BCUT2D eigenvalue weighted by Gasteiger charge is 2.26. The number of rotatable bonds is 2. The highest BCUT2D eigenvalue weighted by molar-refractivity contribution is 5.62. The first-order valence-corrected chi connectivity index (χ1v) is 5.17. The second kappa shape index (κ2) is 3.53. The van der Waals surface area contributed by atoms with Crippen molar-refractivity contribution in [1.29, 1.82) is 0 Å². The Bertz CT molecular complexity index is 404. The maximum Gasteiger partial charge on any atom is 0.269 e. The van der Waals surface area contributed by atoms with Crippen LogP contribution < -0.4 is 4.90 Å². The molecule has 0 amide bonds. The molecule has 0 unspecified atom stereocenters. The van der Waals surface area contributed by atoms with Gasteiger partial charge in [-0.15, -0.1) is 0 Å². The van der Waals surface area contributed by atoms with Crippen LogP contribution >= 0.6 is 0 Å². The first kappa shape index (κ1) is 9.96. The van der Waals surface area contributed by atoms with Gasteiger partial charge in [0.2, 0.25) is 0 Å². The summed E-state index contributed by atoms with van der Waals surface area (Å²) in [6, 6.07) is 5.59. The van der Waals surface area contributed by atoms with Crippen molar-refractivity contribution in [2.75, 3.05) is 11.4 Å². The predicted octanol–water partition coefficient (Wildman–Crippen LogP) is 2.37. The Hall–Kier alpha value is -1.58. The summed E-state index contributed by atoms with van der Waals surface area (Å²) in [7, 11) is 0. The van der Waals surface area contributed by atoms with Crippen molar-refractivity contribution < 1.29 is 4.92 Å². The van der Waals surface area contributed by atoms with Gasteiger partial charge in [-0.2, -0.15) is 0 Å². The molecule has 0 bridgehead atoms. The van der Waals surface area contributed by atoms with E-state index in [0.29, 0.717) is 6.04 Å². The SMILES string of the molecule is CCN1c2ccc([N+](=O)[O-])cc2C[C@@H]1C. The molecule has 4 heteroatoms. The maximum absolute atomic E-state index is 10.6. The van der Waals surface area contributed by atoms with Gasteiger partial charge < -0.3 is 4.90 Å². The number of nitro groups is 1. The number of nitrogens with zero attached hydrogens (tertiary/aromatic N) is 2. The molecule has 4 nitrogen and oxygen atoms in total. The molecule has 80 valence electrons. The molecule has 1 atom stereocenters. The first-order chi connectivity index (χ1) is 7.13. The molecule has 0 saturated carbocycles. The summed E-state index contributed by atoms with van der Waals surface area (Å²) in [5.41, 5.74) is 2.44. The summed E-state index contributed by atoms with van der Waals surface area (Å²) in [6.07, 6.45) is 0.908. The summed E-state index contributed by atoms with van der Waals surface area (Å²) >= 11 is 0. The maximum atomic E-state index is 10.6. The molecule has 0 spiro atoms. The second-order valence-electron chi connectivity index (χ2n) is 3.91. The van der Waals surface area contributed by atoms with Gasteiger partial charge in [-0.1, -0.05) is 0 Å². The molecule has 0 aromatic heterocycles. The van der Waals surface area contributed by atoms with E-state index in [-0.39, 0.29) is 10.6 Å². The van der Waals surface area contributed by atoms with Gasteiger partial charge in [0.05, 0.1) is 4.92 Å². The smallest absolute Gasteiger partial charge is 0.269 e. The third-order valence-corrected chi connectivity index (χ3v) is 2.97. The Morgan fingerprint density at radius 1 is 1.60 bits per heavy atom. The third kappa shape index (κ3) is 1.56. The van der Waals surface area contributed by atoms with Crippen LogP contribution in [0.2, 0.25) is 0 Å². The van der Waals surface area contributed by atoms with Crippen LogP contribution in [0.5, 0.6) is 0 Å². The number of likely N-dealkylation sites (N-methyl/N-ethyl adjacent to an activating group) is 1. The molecule has 1 aromatic rings. The van der Waals surface area contributed by atoms with E-state index in [4.69, 9.17) is 0 Å². The van der Waals surface area contributed by atoms with Crippen LogP contribution in [-0.2, 0) is 6.42 Å². The molecule has 0 aliphatic carbocycles. The Balaban J connectivity index is 2.41. The van der Waals surface area contributed by atoms with E-state index in [9.17, 15) is 10.1 Å². The van der Waals surface area contributed by atoms with Crippen LogP contribution in [0.1, 0.15) is 19.4 Å². The van der Waals surface area contributed by atoms with Crippen LogP contribution in [0.4, 0.5) is 11.4 Å². The summed E-state index contributed by atoms with van der Waals surface area (Å²) in [5.74, 6) is 0. The molecule has 0 radical (unpaired) electrons. The average molecular weight is 206 g/mol. The number of hydrogen-bond acceptors (Lipinski definition) is 3. The molecule has 1 heterocycles. The van der Waals surface area contributed by atoms with Crippen molar-refractivity contribution in [2.24, 2.45) is 0 Å². The topological polar surface area (TPSA) is 46.4 Å². The number of anilines is 1. The molecule has 0 saturated heterocycles. The van der Waals surface area contributed by atoms with Gasteiger partial charge in [0.15, 0.2) is 0 Å². The van der Waals surface area contributed by atoms with Gasteiger partial charge >= 0.3 is 0 Å². The molecule has 1 aliphatic rings. The van der Waals surface area contributed by atoms with Gasteiger partial charge in [-0.3, -0.25) is 10.1 Å². The summed E-state index contributed by atoms with van der Waals surface area (Å²) in [6.45, 7) is 5.20. The van der Waals surface area contributed by atoms with Crippen molar-refractivity contribution in [1.82, 2.24) is 0 Å². The van der Waals surface area contributed by atoms with Gasteiger partial charge in [0.1, 0.15) is 0 Å². The van der Waals surface area contributed by atoms with E-state index in [0.717, 1.165) is 24.2 Å². The first-order valence-electron chi connectivity index (χ1n) is 5.17. The van der Waals surface area contributed by atoms with E-state index < -0.39 is 0 Å². The van der Waals surface area contributed by atoms with Gasteiger partial charge in [-0.05, 0) is 31.9 Å². The van der Waals surface area contributed by atoms with Crippen LogP contribution in [0.3, 0.4) is 0 Å². The fraction of sp³-hybridized carbons (Fsp3) is 0.455. The summed E-state index contributed by atoms with van der Waals surface area (Å²) < 4.78 is 0. The van der Waals surface area contributed by atoms with Crippen molar-refractivity contribution in [3.8, 4) is 0 Å². The highest BCUT2D eigenvalue weighted by atomic mass is 16.6. The van der Waals surface area contributed by atoms with Gasteiger partial charge in [-0.25, -0.2) is 0 Å². The Labute approximate surface area is 88.7 Å². The molecule has 0 fully saturated rings. The van der Waals surface area contributed by atoms with Gasteiger partial charge in [0.25, 0.3) is 5.69 Å². The lowest BCUT2D eigenvalue weighted by Crippen LogP contribution is -2.28. The molecule has 15 heavy (non-hydrogen) atoms. The number of fused-ring (bicyclic) bond motifs is 1. The molecular weight excluding hydrogens is 192 g/mol. The highest BCUT2D eigenvalue weighted by Crippen LogP contribution is 2.34. The van der Waals surface area contributed by atoms with E-state index >= 15 is 0 Å². The fourth-order valence-corrected chi connectivity index (χ4v) is 2.28. The zero-order valence-corrected chi connectivity index (χ0v) is 8.93. The van der Waals surface area contributed by atoms with Crippen LogP contribution in [0.25, 0.3) is 0 Å². The second-order valence-corrected chi connectivity index (χ2v) is 3.91. The van der Waals surface area contributed by atoms with E-state index in [1.165, 1.54) is 0 Å². The minimum atomic E-state index is -0.334. The molecular formula is C11H14N2O2. The predicted molar refractivity (Wildman–Crippen MR) is 59.3 cm³/mol. The van der Waals surface area contributed by atoms with Crippen molar-refractivity contribution in [3.05, 3.63) is 33.9 Å². The van der Waals surface area contributed by atoms with Crippen LogP contribution in [0, 0.1) is 10.1 Å². The molecule has 2 rings (SSSR count). The molecule has 0 N–H and O–H groups in total. The Kier molecular flexibility index (Phi) is 2.34. The quantitative estimate of drug-likeness (QED) is 0.551. The lowest BCUT2D eigenvalue weighted by Gasteiger charge is -2.22. The standard InChI is InChI=1S/C11H14N2O2/c1-3-12-8(2)6-9-7-10(13(14)15)4-5-11(9)12/h4-5,7-8H,3,6H2,1-2H3/t8-/m0/s1. The lowest BCUT2D eigenvalue weighted by molar-refractivity contribution is -0.384. The number of hydrogen-bond donors (Lipinski definition) is 0. The Morgan fingerprint density at radius 2 is 2.33 bits per heavy atom. The monoisotopic (exact) mass is 206 g/mol. The van der Waals surface area contributed by atoms with E-state index in [1.807, 2.05) is 6.07 Å². The number of nitro benzene ring substituents is 1. The van der Waals surface area contributed by atoms with Crippen LogP contribution in [0.15, 0.2) is 18.2 Å². The summed E-state index contributed by atoms with van der Waals surface area (Å²) in [5, 5.41) is 10.6. The average Bonchev–Trinajstić information content (AvgIpc) is 2.51. The fourth-order valence-electron chi connectivity index (χ4n) is 2.28. The number of non-ortho nitro benzene ring substituents is 1. The van der Waals surface area contributed by atoms with E-state index in [2.05, 4.69) is 18.7 Å². The zero-order valence-electron chi connectivity index (χ0n) is 8.93. The van der Waals surface area contributed by atoms with Gasteiger partial charge in [0, 0.05) is 30.4 Å². The van der Waals surface area contributed by atoms with Crippen molar-refractivity contribution in [3.63, 3.8) is 0 Å².